The van der Waals surface area contributed by atoms with Crippen LogP contribution in [0.25, 0.3) is 11.0 Å². The van der Waals surface area contributed by atoms with E-state index in [4.69, 9.17) is 9.52 Å². The van der Waals surface area contributed by atoms with Crippen molar-refractivity contribution in [2.24, 2.45) is 0 Å². The van der Waals surface area contributed by atoms with Gasteiger partial charge in [0.05, 0.1) is 0 Å². The topological polar surface area (TPSA) is 62.5 Å². The Balaban J connectivity index is 2.25. The second kappa shape index (κ2) is 6.57. The van der Waals surface area contributed by atoms with Crippen LogP contribution in [0.4, 0.5) is 0 Å². The summed E-state index contributed by atoms with van der Waals surface area (Å²) in [6, 6.07) is 7.34. The van der Waals surface area contributed by atoms with Gasteiger partial charge in [-0.2, -0.15) is 0 Å². The molecule has 1 heterocycles. The van der Waals surface area contributed by atoms with Crippen LogP contribution in [0.1, 0.15) is 38.0 Å². The molecule has 0 radical (unpaired) electrons. The lowest BCUT2D eigenvalue weighted by molar-refractivity contribution is -0.139. The Morgan fingerprint density at radius 1 is 1.40 bits per heavy atom. The maximum Gasteiger partial charge on any atom is 0.320 e. The van der Waals surface area contributed by atoms with Crippen molar-refractivity contribution in [3.63, 3.8) is 0 Å². The monoisotopic (exact) mass is 275 g/mol. The summed E-state index contributed by atoms with van der Waals surface area (Å²) < 4.78 is 5.91. The number of para-hydroxylation sites is 1. The molecule has 2 N–H and O–H groups in total. The summed E-state index contributed by atoms with van der Waals surface area (Å²) in [6.07, 6.45) is 3.07. The standard InChI is InChI=1S/C16H21NO3/c1-3-4-8-15-13(10-17-11(2)16(18)19)12-7-5-6-9-14(12)20-15/h5-7,9,11,17H,3-4,8,10H2,1-2H3,(H,18,19)/t11-/m0/s1. The van der Waals surface area contributed by atoms with Crippen LogP contribution in [-0.4, -0.2) is 17.1 Å². The van der Waals surface area contributed by atoms with Crippen molar-refractivity contribution >= 4 is 16.9 Å². The van der Waals surface area contributed by atoms with Gasteiger partial charge >= 0.3 is 5.97 Å². The predicted octanol–water partition coefficient (Wildman–Crippen LogP) is 3.34. The number of rotatable bonds is 7. The minimum atomic E-state index is -0.840. The van der Waals surface area contributed by atoms with Crippen LogP contribution in [0, 0.1) is 0 Å². The molecule has 0 unspecified atom stereocenters. The zero-order chi connectivity index (χ0) is 14.5. The maximum atomic E-state index is 10.9. The van der Waals surface area contributed by atoms with Crippen LogP contribution in [0.2, 0.25) is 0 Å². The lowest BCUT2D eigenvalue weighted by Crippen LogP contribution is -2.33. The van der Waals surface area contributed by atoms with Crippen molar-refractivity contribution in [3.8, 4) is 0 Å². The van der Waals surface area contributed by atoms with Crippen LogP contribution in [-0.2, 0) is 17.8 Å². The summed E-state index contributed by atoms with van der Waals surface area (Å²) in [6.45, 7) is 4.31. The van der Waals surface area contributed by atoms with E-state index in [2.05, 4.69) is 12.2 Å². The number of carbonyl (C=O) groups is 1. The molecule has 1 atom stereocenters. The first-order valence-corrected chi connectivity index (χ1v) is 7.09. The molecular formula is C16H21NO3. The summed E-state index contributed by atoms with van der Waals surface area (Å²) in [7, 11) is 0. The normalized spacial score (nSPS) is 12.7. The second-order valence-electron chi connectivity index (χ2n) is 5.04. The fourth-order valence-electron chi connectivity index (χ4n) is 2.23. The lowest BCUT2D eigenvalue weighted by Gasteiger charge is -2.09. The van der Waals surface area contributed by atoms with Crippen LogP contribution in [0.3, 0.4) is 0 Å². The van der Waals surface area contributed by atoms with Crippen molar-refractivity contribution in [1.29, 1.82) is 0 Å². The highest BCUT2D eigenvalue weighted by Crippen LogP contribution is 2.27. The van der Waals surface area contributed by atoms with Gasteiger partial charge in [0.25, 0.3) is 0 Å². The minimum absolute atomic E-state index is 0.517. The van der Waals surface area contributed by atoms with E-state index >= 15 is 0 Å². The summed E-state index contributed by atoms with van der Waals surface area (Å²) in [5, 5.41) is 13.1. The van der Waals surface area contributed by atoms with E-state index in [-0.39, 0.29) is 0 Å². The first-order chi connectivity index (χ1) is 9.63. The zero-order valence-electron chi connectivity index (χ0n) is 12.0. The van der Waals surface area contributed by atoms with Crippen LogP contribution in [0.5, 0.6) is 0 Å². The van der Waals surface area contributed by atoms with E-state index in [1.165, 1.54) is 0 Å². The first kappa shape index (κ1) is 14.6. The highest BCUT2D eigenvalue weighted by Gasteiger charge is 2.16. The van der Waals surface area contributed by atoms with E-state index < -0.39 is 12.0 Å². The van der Waals surface area contributed by atoms with Crippen molar-refractivity contribution in [3.05, 3.63) is 35.6 Å². The predicted molar refractivity (Wildman–Crippen MR) is 78.8 cm³/mol. The summed E-state index contributed by atoms with van der Waals surface area (Å²) in [4.78, 5) is 10.9. The molecule has 108 valence electrons. The van der Waals surface area contributed by atoms with Gasteiger partial charge in [0.1, 0.15) is 17.4 Å². The quantitative estimate of drug-likeness (QED) is 0.813. The molecule has 0 aliphatic carbocycles. The van der Waals surface area contributed by atoms with E-state index in [1.54, 1.807) is 6.92 Å². The Hall–Kier alpha value is -1.81. The third-order valence-electron chi connectivity index (χ3n) is 3.49. The molecule has 4 nitrogen and oxygen atoms in total. The van der Waals surface area contributed by atoms with E-state index in [0.29, 0.717) is 6.54 Å². The molecule has 0 spiro atoms. The van der Waals surface area contributed by atoms with E-state index in [0.717, 1.165) is 41.6 Å². The van der Waals surface area contributed by atoms with Crippen molar-refractivity contribution in [1.82, 2.24) is 5.32 Å². The number of carboxylic acid groups (broad SMARTS) is 1. The minimum Gasteiger partial charge on any atom is -0.480 e. The Bertz CT molecular complexity index is 588. The second-order valence-corrected chi connectivity index (χ2v) is 5.04. The largest absolute Gasteiger partial charge is 0.480 e. The number of unbranched alkanes of at least 4 members (excludes halogenated alkanes) is 1. The molecule has 0 aliphatic rings. The number of fused-ring (bicyclic) bond motifs is 1. The Morgan fingerprint density at radius 2 is 2.15 bits per heavy atom. The fraction of sp³-hybridized carbons (Fsp3) is 0.438. The smallest absolute Gasteiger partial charge is 0.320 e. The maximum absolute atomic E-state index is 10.9. The zero-order valence-corrected chi connectivity index (χ0v) is 12.0. The third kappa shape index (κ3) is 3.20. The number of aliphatic carboxylic acids is 1. The molecule has 0 amide bonds. The first-order valence-electron chi connectivity index (χ1n) is 7.09. The molecule has 0 fully saturated rings. The van der Waals surface area contributed by atoms with Gasteiger partial charge in [0.15, 0.2) is 0 Å². The summed E-state index contributed by atoms with van der Waals surface area (Å²) in [5.41, 5.74) is 1.96. The van der Waals surface area contributed by atoms with Crippen LogP contribution >= 0.6 is 0 Å². The SMILES string of the molecule is CCCCc1oc2ccccc2c1CN[C@@H](C)C(=O)O. The van der Waals surface area contributed by atoms with Crippen LogP contribution < -0.4 is 5.32 Å². The average Bonchev–Trinajstić information content (AvgIpc) is 2.80. The van der Waals surface area contributed by atoms with E-state index in [9.17, 15) is 4.79 Å². The third-order valence-corrected chi connectivity index (χ3v) is 3.49. The van der Waals surface area contributed by atoms with E-state index in [1.807, 2.05) is 24.3 Å². The number of benzene rings is 1. The highest BCUT2D eigenvalue weighted by atomic mass is 16.4. The molecule has 2 rings (SSSR count). The van der Waals surface area contributed by atoms with Gasteiger partial charge in [0, 0.05) is 23.9 Å². The van der Waals surface area contributed by atoms with Crippen LogP contribution in [0.15, 0.2) is 28.7 Å². The number of carboxylic acids is 1. The van der Waals surface area contributed by atoms with Gasteiger partial charge in [-0.25, -0.2) is 0 Å². The van der Waals surface area contributed by atoms with Gasteiger partial charge in [0.2, 0.25) is 0 Å². The fourth-order valence-corrected chi connectivity index (χ4v) is 2.23. The van der Waals surface area contributed by atoms with Gasteiger partial charge in [-0.3, -0.25) is 4.79 Å². The van der Waals surface area contributed by atoms with Crippen molar-refractivity contribution < 1.29 is 14.3 Å². The van der Waals surface area contributed by atoms with Crippen molar-refractivity contribution in [2.75, 3.05) is 0 Å². The molecular weight excluding hydrogens is 254 g/mol. The molecule has 1 aromatic heterocycles. The van der Waals surface area contributed by atoms with Gasteiger partial charge in [-0.1, -0.05) is 31.5 Å². The number of nitrogens with one attached hydrogen (secondary N) is 1. The molecule has 1 aromatic carbocycles. The summed E-state index contributed by atoms with van der Waals surface area (Å²) >= 11 is 0. The highest BCUT2D eigenvalue weighted by molar-refractivity contribution is 5.82. The Labute approximate surface area is 118 Å². The molecule has 4 heteroatoms. The van der Waals surface area contributed by atoms with Crippen molar-refractivity contribution in [2.45, 2.75) is 45.7 Å². The molecule has 2 aromatic rings. The lowest BCUT2D eigenvalue weighted by atomic mass is 10.1. The average molecular weight is 275 g/mol. The van der Waals surface area contributed by atoms with Gasteiger partial charge < -0.3 is 14.8 Å². The molecule has 20 heavy (non-hydrogen) atoms. The number of furan rings is 1. The Kier molecular flexibility index (Phi) is 4.79. The van der Waals surface area contributed by atoms with Gasteiger partial charge in [-0.15, -0.1) is 0 Å². The molecule has 0 saturated carbocycles. The Morgan fingerprint density at radius 3 is 2.85 bits per heavy atom. The number of aryl methyl sites for hydroxylation is 1. The number of hydrogen-bond acceptors (Lipinski definition) is 3. The summed E-state index contributed by atoms with van der Waals surface area (Å²) in [5.74, 6) is 0.131. The van der Waals surface area contributed by atoms with Gasteiger partial charge in [-0.05, 0) is 19.4 Å². The molecule has 0 bridgehead atoms. The number of hydrogen-bond donors (Lipinski definition) is 2. The molecule has 0 saturated heterocycles. The molecule has 0 aliphatic heterocycles.